The quantitative estimate of drug-likeness (QED) is 0.685. The van der Waals surface area contributed by atoms with E-state index in [1.54, 1.807) is 6.26 Å². The molecule has 0 radical (unpaired) electrons. The van der Waals surface area contributed by atoms with Gasteiger partial charge in [-0.15, -0.1) is 0 Å². The molecule has 0 saturated carbocycles. The maximum Gasteiger partial charge on any atom is 0.117 e. The van der Waals surface area contributed by atoms with Crippen molar-refractivity contribution in [3.8, 4) is 0 Å². The summed E-state index contributed by atoms with van der Waals surface area (Å²) >= 11 is 1.89. The minimum atomic E-state index is 0.823. The Balaban J connectivity index is 1.97. The molecule has 1 N–H and O–H groups in total. The van der Waals surface area contributed by atoms with Crippen LogP contribution in [0.1, 0.15) is 5.76 Å². The van der Waals surface area contributed by atoms with E-state index in [4.69, 9.17) is 4.42 Å². The Morgan fingerprint density at radius 3 is 3.00 bits per heavy atom. The minimum Gasteiger partial charge on any atom is -0.468 e. The Labute approximate surface area is 96.2 Å². The van der Waals surface area contributed by atoms with Crippen molar-refractivity contribution in [1.29, 1.82) is 0 Å². The third-order valence-corrected chi connectivity index (χ3v) is 2.82. The summed E-state index contributed by atoms with van der Waals surface area (Å²) < 4.78 is 5.23. The van der Waals surface area contributed by atoms with Crippen LogP contribution in [0.3, 0.4) is 0 Å². The number of nitrogens with one attached hydrogen (secondary N) is 1. The number of likely N-dealkylation sites (N-methyl/N-ethyl adjacent to an activating group) is 1. The monoisotopic (exact) mass is 228 g/mol. The van der Waals surface area contributed by atoms with Crippen molar-refractivity contribution in [3.05, 3.63) is 24.2 Å². The lowest BCUT2D eigenvalue weighted by Gasteiger charge is -2.15. The molecule has 0 amide bonds. The molecule has 3 nitrogen and oxygen atoms in total. The van der Waals surface area contributed by atoms with E-state index in [2.05, 4.69) is 23.5 Å². The maximum absolute atomic E-state index is 5.23. The zero-order valence-electron chi connectivity index (χ0n) is 9.53. The van der Waals surface area contributed by atoms with Gasteiger partial charge in [-0.25, -0.2) is 0 Å². The molecule has 1 aromatic heterocycles. The van der Waals surface area contributed by atoms with Crippen LogP contribution in [0.15, 0.2) is 22.8 Å². The molecule has 0 aliphatic heterocycles. The molecule has 1 rings (SSSR count). The summed E-state index contributed by atoms with van der Waals surface area (Å²) in [7, 11) is 2.16. The molecule has 86 valence electrons. The van der Waals surface area contributed by atoms with E-state index in [1.807, 2.05) is 23.9 Å². The summed E-state index contributed by atoms with van der Waals surface area (Å²) in [6.45, 7) is 4.07. The largest absolute Gasteiger partial charge is 0.468 e. The highest BCUT2D eigenvalue weighted by atomic mass is 32.2. The molecule has 0 unspecified atom stereocenters. The first-order valence-corrected chi connectivity index (χ1v) is 6.63. The van der Waals surface area contributed by atoms with Crippen LogP contribution in [0.2, 0.25) is 0 Å². The highest BCUT2D eigenvalue weighted by molar-refractivity contribution is 7.98. The van der Waals surface area contributed by atoms with Crippen LogP contribution < -0.4 is 5.32 Å². The summed E-state index contributed by atoms with van der Waals surface area (Å²) in [5.74, 6) is 2.20. The Hall–Kier alpha value is -0.450. The first-order valence-electron chi connectivity index (χ1n) is 5.23. The van der Waals surface area contributed by atoms with Gasteiger partial charge in [0.1, 0.15) is 5.76 Å². The molecule has 0 aromatic carbocycles. The zero-order valence-corrected chi connectivity index (χ0v) is 10.3. The van der Waals surface area contributed by atoms with E-state index in [1.165, 1.54) is 5.75 Å². The van der Waals surface area contributed by atoms with Gasteiger partial charge >= 0.3 is 0 Å². The van der Waals surface area contributed by atoms with Crippen molar-refractivity contribution in [2.75, 3.05) is 38.7 Å². The second-order valence-electron chi connectivity index (χ2n) is 3.55. The van der Waals surface area contributed by atoms with Crippen molar-refractivity contribution in [2.24, 2.45) is 0 Å². The van der Waals surface area contributed by atoms with Crippen LogP contribution in [0.25, 0.3) is 0 Å². The lowest BCUT2D eigenvalue weighted by molar-refractivity contribution is 0.348. The van der Waals surface area contributed by atoms with Crippen molar-refractivity contribution in [1.82, 2.24) is 10.2 Å². The van der Waals surface area contributed by atoms with Gasteiger partial charge in [0.15, 0.2) is 0 Å². The van der Waals surface area contributed by atoms with E-state index in [-0.39, 0.29) is 0 Å². The van der Waals surface area contributed by atoms with Crippen LogP contribution in [-0.2, 0) is 6.54 Å². The van der Waals surface area contributed by atoms with Gasteiger partial charge in [0, 0.05) is 25.4 Å². The van der Waals surface area contributed by atoms with Gasteiger partial charge in [0.2, 0.25) is 0 Å². The Bertz CT molecular complexity index is 239. The molecule has 4 heteroatoms. The predicted octanol–water partition coefficient (Wildman–Crippen LogP) is 1.66. The van der Waals surface area contributed by atoms with Gasteiger partial charge in [-0.05, 0) is 25.4 Å². The molecule has 0 saturated heterocycles. The standard InChI is InChI=1S/C11H20N2OS/c1-13(7-9-15-2)6-5-12-10-11-4-3-8-14-11/h3-4,8,12H,5-7,9-10H2,1-2H3. The van der Waals surface area contributed by atoms with Crippen molar-refractivity contribution < 1.29 is 4.42 Å². The minimum absolute atomic E-state index is 0.823. The number of hydrogen-bond acceptors (Lipinski definition) is 4. The third-order valence-electron chi connectivity index (χ3n) is 2.23. The number of nitrogens with zero attached hydrogens (tertiary/aromatic N) is 1. The normalized spacial score (nSPS) is 11.1. The lowest BCUT2D eigenvalue weighted by atomic mass is 10.4. The molecule has 0 bridgehead atoms. The SMILES string of the molecule is CSCCN(C)CCNCc1ccco1. The van der Waals surface area contributed by atoms with Crippen molar-refractivity contribution in [2.45, 2.75) is 6.54 Å². The van der Waals surface area contributed by atoms with Crippen LogP contribution in [0.5, 0.6) is 0 Å². The topological polar surface area (TPSA) is 28.4 Å². The van der Waals surface area contributed by atoms with E-state index < -0.39 is 0 Å². The molecule has 0 fully saturated rings. The van der Waals surface area contributed by atoms with Crippen LogP contribution in [0.4, 0.5) is 0 Å². The fraction of sp³-hybridized carbons (Fsp3) is 0.636. The second kappa shape index (κ2) is 7.79. The number of rotatable bonds is 8. The first kappa shape index (κ1) is 12.6. The highest BCUT2D eigenvalue weighted by Gasteiger charge is 1.98. The molecule has 0 aliphatic rings. The molecule has 0 atom stereocenters. The zero-order chi connectivity index (χ0) is 10.9. The van der Waals surface area contributed by atoms with Crippen LogP contribution >= 0.6 is 11.8 Å². The molecule has 1 aromatic rings. The molecular weight excluding hydrogens is 208 g/mol. The highest BCUT2D eigenvalue weighted by Crippen LogP contribution is 1.98. The Morgan fingerprint density at radius 2 is 2.33 bits per heavy atom. The van der Waals surface area contributed by atoms with Gasteiger partial charge in [-0.3, -0.25) is 0 Å². The van der Waals surface area contributed by atoms with E-state index in [9.17, 15) is 0 Å². The fourth-order valence-corrected chi connectivity index (χ4v) is 1.75. The number of furan rings is 1. The molecular formula is C11H20N2OS. The number of hydrogen-bond donors (Lipinski definition) is 1. The summed E-state index contributed by atoms with van der Waals surface area (Å²) in [4.78, 5) is 2.34. The second-order valence-corrected chi connectivity index (χ2v) is 4.54. The summed E-state index contributed by atoms with van der Waals surface area (Å²) in [5, 5.41) is 3.35. The van der Waals surface area contributed by atoms with Crippen molar-refractivity contribution in [3.63, 3.8) is 0 Å². The van der Waals surface area contributed by atoms with Crippen molar-refractivity contribution >= 4 is 11.8 Å². The first-order chi connectivity index (χ1) is 7.33. The Kier molecular flexibility index (Phi) is 6.55. The van der Waals surface area contributed by atoms with Gasteiger partial charge in [-0.2, -0.15) is 11.8 Å². The summed E-state index contributed by atoms with van der Waals surface area (Å²) in [6.07, 6.45) is 3.85. The van der Waals surface area contributed by atoms with Gasteiger partial charge in [0.05, 0.1) is 12.8 Å². The van der Waals surface area contributed by atoms with Crippen LogP contribution in [0, 0.1) is 0 Å². The van der Waals surface area contributed by atoms with E-state index >= 15 is 0 Å². The average molecular weight is 228 g/mol. The number of thioether (sulfide) groups is 1. The smallest absolute Gasteiger partial charge is 0.117 e. The summed E-state index contributed by atoms with van der Waals surface area (Å²) in [5.41, 5.74) is 0. The van der Waals surface area contributed by atoms with E-state index in [0.717, 1.165) is 31.9 Å². The fourth-order valence-electron chi connectivity index (χ4n) is 1.25. The molecule has 0 spiro atoms. The summed E-state index contributed by atoms with van der Waals surface area (Å²) in [6, 6.07) is 3.91. The predicted molar refractivity (Wildman–Crippen MR) is 66.3 cm³/mol. The molecule has 0 aliphatic carbocycles. The van der Waals surface area contributed by atoms with Gasteiger partial charge in [0.25, 0.3) is 0 Å². The molecule has 15 heavy (non-hydrogen) atoms. The van der Waals surface area contributed by atoms with Gasteiger partial charge in [-0.1, -0.05) is 0 Å². The third kappa shape index (κ3) is 5.87. The Morgan fingerprint density at radius 1 is 1.47 bits per heavy atom. The average Bonchev–Trinajstić information content (AvgIpc) is 2.74. The van der Waals surface area contributed by atoms with Gasteiger partial charge < -0.3 is 14.6 Å². The van der Waals surface area contributed by atoms with Crippen LogP contribution in [-0.4, -0.2) is 43.6 Å². The molecule has 1 heterocycles. The lowest BCUT2D eigenvalue weighted by Crippen LogP contribution is -2.30. The van der Waals surface area contributed by atoms with E-state index in [0.29, 0.717) is 0 Å². The maximum atomic E-state index is 5.23.